The Morgan fingerprint density at radius 2 is 1.89 bits per heavy atom. The van der Waals surface area contributed by atoms with Gasteiger partial charge in [0.25, 0.3) is 0 Å². The highest BCUT2D eigenvalue weighted by atomic mass is 35.5. The second kappa shape index (κ2) is 11.3. The smallest absolute Gasteiger partial charge is 0.329 e. The lowest BCUT2D eigenvalue weighted by Gasteiger charge is -2.39. The lowest BCUT2D eigenvalue weighted by Crippen LogP contribution is -2.58. The molecule has 1 fully saturated rings. The van der Waals surface area contributed by atoms with Crippen LogP contribution in [-0.2, 0) is 37.8 Å². The number of fused-ring (bicyclic) bond motifs is 1. The van der Waals surface area contributed by atoms with Crippen LogP contribution in [0.4, 0.5) is 0 Å². The van der Waals surface area contributed by atoms with E-state index in [0.29, 0.717) is 31.2 Å². The van der Waals surface area contributed by atoms with Gasteiger partial charge in [0.2, 0.25) is 5.91 Å². The molecule has 0 spiro atoms. The zero-order valence-corrected chi connectivity index (χ0v) is 23.3. The maximum Gasteiger partial charge on any atom is 0.329 e. The van der Waals surface area contributed by atoms with Crippen LogP contribution in [0, 0.1) is 0 Å². The molecular formula is C25H29ClN4O5S2. The third-order valence-electron chi connectivity index (χ3n) is 6.57. The minimum Gasteiger partial charge on any atom is -0.467 e. The minimum atomic E-state index is -3.71. The van der Waals surface area contributed by atoms with Crippen LogP contribution in [0.1, 0.15) is 12.1 Å². The summed E-state index contributed by atoms with van der Waals surface area (Å²) in [5.74, 6) is -1.26. The molecule has 9 nitrogen and oxygen atoms in total. The first-order valence-electron chi connectivity index (χ1n) is 11.7. The van der Waals surface area contributed by atoms with Crippen molar-refractivity contribution in [3.63, 3.8) is 0 Å². The average Bonchev–Trinajstić information content (AvgIpc) is 3.25. The molecule has 4 rings (SSSR count). The summed E-state index contributed by atoms with van der Waals surface area (Å²) in [6, 6.07) is 9.23. The maximum absolute atomic E-state index is 13.1. The van der Waals surface area contributed by atoms with E-state index in [4.69, 9.17) is 16.3 Å². The zero-order valence-electron chi connectivity index (χ0n) is 20.9. The Morgan fingerprint density at radius 3 is 2.59 bits per heavy atom. The zero-order chi connectivity index (χ0) is 26.7. The molecular weight excluding hydrogens is 536 g/mol. The van der Waals surface area contributed by atoms with Crippen molar-refractivity contribution in [3.8, 4) is 0 Å². The van der Waals surface area contributed by atoms with Crippen molar-refractivity contribution in [2.75, 3.05) is 39.5 Å². The quantitative estimate of drug-likeness (QED) is 0.409. The molecule has 1 aliphatic rings. The standard InChI is InChI=1S/C25H29ClN4O5S2/c1-27-25-28(2)20(16-36-25)14-29-9-10-30(22(15-29)24(32)35-3)23(31)8-11-37(33,34)21-7-5-17-12-19(26)6-4-18(17)13-21/h4-7,12-13,16,22H,8-11,14-15H2,1-3H3/b27-25-. The summed E-state index contributed by atoms with van der Waals surface area (Å²) in [6.07, 6.45) is -0.227. The Morgan fingerprint density at radius 1 is 1.16 bits per heavy atom. The molecule has 12 heteroatoms. The molecule has 0 radical (unpaired) electrons. The summed E-state index contributed by atoms with van der Waals surface area (Å²) in [6.45, 7) is 1.74. The number of piperazine rings is 1. The lowest BCUT2D eigenvalue weighted by atomic mass is 10.1. The summed E-state index contributed by atoms with van der Waals surface area (Å²) >= 11 is 7.55. The van der Waals surface area contributed by atoms with Crippen LogP contribution >= 0.6 is 22.9 Å². The first-order valence-corrected chi connectivity index (χ1v) is 14.6. The van der Waals surface area contributed by atoms with Crippen molar-refractivity contribution >= 4 is 55.4 Å². The number of amides is 1. The molecule has 1 atom stereocenters. The fraction of sp³-hybridized carbons (Fsp3) is 0.400. The summed E-state index contributed by atoms with van der Waals surface area (Å²) in [4.78, 5) is 34.5. The Balaban J connectivity index is 1.44. The van der Waals surface area contributed by atoms with Gasteiger partial charge in [0.1, 0.15) is 6.04 Å². The van der Waals surface area contributed by atoms with Gasteiger partial charge in [0, 0.05) is 62.8 Å². The van der Waals surface area contributed by atoms with Gasteiger partial charge >= 0.3 is 5.97 Å². The van der Waals surface area contributed by atoms with Gasteiger partial charge in [-0.3, -0.25) is 14.7 Å². The van der Waals surface area contributed by atoms with Crippen LogP contribution in [-0.4, -0.2) is 80.2 Å². The number of halogens is 1. The molecule has 1 aromatic heterocycles. The molecule has 0 aliphatic carbocycles. The van der Waals surface area contributed by atoms with Gasteiger partial charge in [-0.05, 0) is 35.0 Å². The fourth-order valence-corrected chi connectivity index (χ4v) is 6.76. The molecule has 1 amide bonds. The van der Waals surface area contributed by atoms with Crippen molar-refractivity contribution in [2.24, 2.45) is 12.0 Å². The SMILES string of the molecule is C/N=c1\scc(CN2CCN(C(=O)CCS(=O)(=O)c3ccc4cc(Cl)ccc4c3)C(C(=O)OC)C2)n1C. The number of carbonyl (C=O) groups excluding carboxylic acids is 2. The van der Waals surface area contributed by atoms with Crippen molar-refractivity contribution in [3.05, 3.63) is 57.3 Å². The predicted molar refractivity (Wildman–Crippen MR) is 143 cm³/mol. The third-order valence-corrected chi connectivity index (χ3v) is 9.58. The molecule has 37 heavy (non-hydrogen) atoms. The number of thiazole rings is 1. The van der Waals surface area contributed by atoms with Crippen molar-refractivity contribution in [1.82, 2.24) is 14.4 Å². The molecule has 198 valence electrons. The summed E-state index contributed by atoms with van der Waals surface area (Å²) < 4.78 is 33.0. The van der Waals surface area contributed by atoms with Crippen LogP contribution in [0.15, 0.2) is 51.7 Å². The van der Waals surface area contributed by atoms with E-state index in [1.165, 1.54) is 18.1 Å². The molecule has 2 aromatic carbocycles. The van der Waals surface area contributed by atoms with Gasteiger partial charge in [-0.2, -0.15) is 0 Å². The lowest BCUT2D eigenvalue weighted by molar-refractivity contribution is -0.156. The van der Waals surface area contributed by atoms with Crippen LogP contribution < -0.4 is 4.80 Å². The van der Waals surface area contributed by atoms with Gasteiger partial charge in [-0.25, -0.2) is 13.2 Å². The van der Waals surface area contributed by atoms with Crippen molar-refractivity contribution in [1.29, 1.82) is 0 Å². The Labute approximate surface area is 224 Å². The maximum atomic E-state index is 13.1. The van der Waals surface area contributed by atoms with E-state index in [1.807, 2.05) is 17.0 Å². The number of rotatable bonds is 7. The molecule has 1 aliphatic heterocycles. The molecule has 1 saturated heterocycles. The van der Waals surface area contributed by atoms with E-state index in [9.17, 15) is 18.0 Å². The van der Waals surface area contributed by atoms with E-state index in [2.05, 4.69) is 9.89 Å². The van der Waals surface area contributed by atoms with Gasteiger partial charge in [0.05, 0.1) is 17.8 Å². The Hall–Kier alpha value is -2.73. The van der Waals surface area contributed by atoms with E-state index < -0.39 is 21.8 Å². The fourth-order valence-electron chi connectivity index (χ4n) is 4.47. The third kappa shape index (κ3) is 6.06. The van der Waals surface area contributed by atoms with Gasteiger partial charge in [-0.1, -0.05) is 23.7 Å². The van der Waals surface area contributed by atoms with Crippen LogP contribution in [0.5, 0.6) is 0 Å². The number of sulfone groups is 1. The Bertz CT molecular complexity index is 1500. The Kier molecular flexibility index (Phi) is 8.37. The first-order chi connectivity index (χ1) is 17.6. The van der Waals surface area contributed by atoms with E-state index in [1.54, 1.807) is 48.7 Å². The topological polar surface area (TPSA) is 101 Å². The number of aromatic nitrogens is 1. The van der Waals surface area contributed by atoms with Crippen molar-refractivity contribution < 1.29 is 22.7 Å². The second-order valence-electron chi connectivity index (χ2n) is 8.88. The summed E-state index contributed by atoms with van der Waals surface area (Å²) in [5.41, 5.74) is 1.05. The summed E-state index contributed by atoms with van der Waals surface area (Å²) in [5, 5.41) is 4.17. The highest BCUT2D eigenvalue weighted by molar-refractivity contribution is 7.91. The monoisotopic (exact) mass is 564 g/mol. The van der Waals surface area contributed by atoms with Gasteiger partial charge in [0.15, 0.2) is 14.6 Å². The predicted octanol–water partition coefficient (Wildman–Crippen LogP) is 2.47. The number of benzene rings is 2. The molecule has 2 heterocycles. The molecule has 0 bridgehead atoms. The van der Waals surface area contributed by atoms with E-state index >= 15 is 0 Å². The largest absolute Gasteiger partial charge is 0.467 e. The van der Waals surface area contributed by atoms with Crippen LogP contribution in [0.2, 0.25) is 5.02 Å². The second-order valence-corrected chi connectivity index (χ2v) is 12.3. The van der Waals surface area contributed by atoms with Gasteiger partial charge < -0.3 is 14.2 Å². The number of hydrogen-bond donors (Lipinski definition) is 0. The molecule has 3 aromatic rings. The average molecular weight is 565 g/mol. The molecule has 0 saturated carbocycles. The van der Waals surface area contributed by atoms with Gasteiger partial charge in [-0.15, -0.1) is 11.3 Å². The van der Waals surface area contributed by atoms with E-state index in [-0.39, 0.29) is 23.0 Å². The first kappa shape index (κ1) is 27.3. The normalized spacial score (nSPS) is 17.4. The summed E-state index contributed by atoms with van der Waals surface area (Å²) in [7, 11) is 1.25. The van der Waals surface area contributed by atoms with Crippen molar-refractivity contribution in [2.45, 2.75) is 23.9 Å². The number of hydrogen-bond acceptors (Lipinski definition) is 8. The minimum absolute atomic E-state index is 0.145. The number of ether oxygens (including phenoxy) is 1. The number of nitrogens with zero attached hydrogens (tertiary/aromatic N) is 4. The number of esters is 1. The van der Waals surface area contributed by atoms with Crippen LogP contribution in [0.25, 0.3) is 10.8 Å². The highest BCUT2D eigenvalue weighted by Gasteiger charge is 2.36. The van der Waals surface area contributed by atoms with Crippen LogP contribution in [0.3, 0.4) is 0 Å². The number of methoxy groups -OCH3 is 1. The molecule has 1 unspecified atom stereocenters. The molecule has 0 N–H and O–H groups in total. The highest BCUT2D eigenvalue weighted by Crippen LogP contribution is 2.24. The number of carbonyl (C=O) groups is 2. The van der Waals surface area contributed by atoms with E-state index in [0.717, 1.165) is 21.3 Å².